The van der Waals surface area contributed by atoms with Crippen molar-refractivity contribution in [1.82, 2.24) is 0 Å². The summed E-state index contributed by atoms with van der Waals surface area (Å²) < 4.78 is 0. The number of para-hydroxylation sites is 1. The van der Waals surface area contributed by atoms with E-state index in [1.165, 1.54) is 21.9 Å². The molecule has 96 valence electrons. The van der Waals surface area contributed by atoms with E-state index in [1.807, 2.05) is 18.2 Å². The molecule has 1 nitrogen and oxygen atoms in total. The van der Waals surface area contributed by atoms with Crippen LogP contribution < -0.4 is 5.32 Å². The number of hydrogen-bond acceptors (Lipinski definition) is 1. The summed E-state index contributed by atoms with van der Waals surface area (Å²) in [5.74, 6) is 0. The summed E-state index contributed by atoms with van der Waals surface area (Å²) in [5, 5.41) is 6.01. The molecule has 0 atom stereocenters. The fourth-order valence-electron chi connectivity index (χ4n) is 2.50. The van der Waals surface area contributed by atoms with Gasteiger partial charge in [-0.15, -0.1) is 0 Å². The average molecular weight is 257 g/mol. The highest BCUT2D eigenvalue weighted by molar-refractivity contribution is 5.91. The molecule has 0 saturated heterocycles. The molecule has 0 radical (unpaired) electrons. The van der Waals surface area contributed by atoms with Gasteiger partial charge < -0.3 is 5.32 Å². The number of fused-ring (bicyclic) bond motifs is 1. The molecular formula is C19H15N. The molecule has 1 aliphatic rings. The summed E-state index contributed by atoms with van der Waals surface area (Å²) in [4.78, 5) is 0. The molecular weight excluding hydrogens is 242 g/mol. The maximum Gasteiger partial charge on any atom is 0.0390 e. The van der Waals surface area contributed by atoms with Gasteiger partial charge >= 0.3 is 0 Å². The number of allylic oxidation sites excluding steroid dienone is 2. The minimum atomic E-state index is 1.12. The predicted octanol–water partition coefficient (Wildman–Crippen LogP) is 5.37. The maximum absolute atomic E-state index is 3.43. The van der Waals surface area contributed by atoms with E-state index in [-0.39, 0.29) is 0 Å². The summed E-state index contributed by atoms with van der Waals surface area (Å²) in [7, 11) is 0. The Morgan fingerprint density at radius 2 is 1.45 bits per heavy atom. The summed E-state index contributed by atoms with van der Waals surface area (Å²) in [6.07, 6.45) is 3.42. The van der Waals surface area contributed by atoms with Crippen LogP contribution in [0.3, 0.4) is 0 Å². The molecule has 4 rings (SSSR count). The van der Waals surface area contributed by atoms with E-state index < -0.39 is 0 Å². The van der Waals surface area contributed by atoms with Gasteiger partial charge in [-0.25, -0.2) is 0 Å². The maximum atomic E-state index is 3.43. The molecule has 1 heteroatoms. The minimum Gasteiger partial charge on any atom is -0.356 e. The molecule has 0 fully saturated rings. The highest BCUT2D eigenvalue weighted by Crippen LogP contribution is 2.33. The van der Waals surface area contributed by atoms with E-state index in [4.69, 9.17) is 0 Å². The van der Waals surface area contributed by atoms with Crippen LogP contribution in [0.1, 0.15) is 12.0 Å². The van der Waals surface area contributed by atoms with E-state index >= 15 is 0 Å². The molecule has 3 aromatic rings. The Morgan fingerprint density at radius 3 is 2.25 bits per heavy atom. The summed E-state index contributed by atoms with van der Waals surface area (Å²) in [6, 6.07) is 23.5. The van der Waals surface area contributed by atoms with Gasteiger partial charge in [0.05, 0.1) is 0 Å². The third-order valence-corrected chi connectivity index (χ3v) is 3.68. The van der Waals surface area contributed by atoms with Crippen LogP contribution in [0.15, 0.2) is 72.8 Å². The van der Waals surface area contributed by atoms with Crippen molar-refractivity contribution in [3.63, 3.8) is 0 Å². The Kier molecular flexibility index (Phi) is 2.56. The van der Waals surface area contributed by atoms with Gasteiger partial charge in [-0.2, -0.15) is 0 Å². The molecule has 0 spiro atoms. The van der Waals surface area contributed by atoms with Gasteiger partial charge in [0.1, 0.15) is 0 Å². The SMILES string of the molecule is C1=C(c2ccc3cc(Nc4ccccc4)ccc3c2)C1. The smallest absolute Gasteiger partial charge is 0.0390 e. The minimum absolute atomic E-state index is 1.12. The van der Waals surface area contributed by atoms with Crippen LogP contribution in [0, 0.1) is 0 Å². The molecule has 0 saturated carbocycles. The standard InChI is InChI=1S/C19H15N/c1-2-4-18(5-3-1)20-19-11-10-16-12-15(14-6-7-14)8-9-17(16)13-19/h1-6,8-13,20H,7H2. The first kappa shape index (κ1) is 11.3. The van der Waals surface area contributed by atoms with Crippen LogP contribution in [0.4, 0.5) is 11.4 Å². The van der Waals surface area contributed by atoms with Crippen LogP contribution in [0.5, 0.6) is 0 Å². The van der Waals surface area contributed by atoms with Gasteiger partial charge in [-0.3, -0.25) is 0 Å². The van der Waals surface area contributed by atoms with E-state index in [2.05, 4.69) is 59.9 Å². The fraction of sp³-hybridized carbons (Fsp3) is 0.0526. The topological polar surface area (TPSA) is 12.0 Å². The van der Waals surface area contributed by atoms with Crippen molar-refractivity contribution in [2.24, 2.45) is 0 Å². The van der Waals surface area contributed by atoms with Crippen molar-refractivity contribution in [3.8, 4) is 0 Å². The number of rotatable bonds is 3. The summed E-state index contributed by atoms with van der Waals surface area (Å²) >= 11 is 0. The number of benzene rings is 3. The fourth-order valence-corrected chi connectivity index (χ4v) is 2.50. The molecule has 0 unspecified atom stereocenters. The highest BCUT2D eigenvalue weighted by Gasteiger charge is 2.10. The van der Waals surface area contributed by atoms with Crippen molar-refractivity contribution in [2.45, 2.75) is 6.42 Å². The first-order chi connectivity index (χ1) is 9.88. The predicted molar refractivity (Wildman–Crippen MR) is 86.3 cm³/mol. The largest absolute Gasteiger partial charge is 0.356 e. The van der Waals surface area contributed by atoms with E-state index in [0.717, 1.165) is 17.8 Å². The van der Waals surface area contributed by atoms with Crippen LogP contribution >= 0.6 is 0 Å². The second kappa shape index (κ2) is 4.53. The molecule has 20 heavy (non-hydrogen) atoms. The number of hydrogen-bond donors (Lipinski definition) is 1. The van der Waals surface area contributed by atoms with Crippen molar-refractivity contribution in [1.29, 1.82) is 0 Å². The van der Waals surface area contributed by atoms with Gasteiger partial charge in [0.25, 0.3) is 0 Å². The molecule has 0 amide bonds. The van der Waals surface area contributed by atoms with E-state index in [9.17, 15) is 0 Å². The first-order valence-corrected chi connectivity index (χ1v) is 6.94. The number of nitrogens with one attached hydrogen (secondary N) is 1. The normalized spacial score (nSPS) is 13.1. The second-order valence-electron chi connectivity index (χ2n) is 5.20. The Morgan fingerprint density at radius 1 is 0.700 bits per heavy atom. The van der Waals surface area contributed by atoms with Crippen molar-refractivity contribution in [2.75, 3.05) is 5.32 Å². The van der Waals surface area contributed by atoms with Crippen LogP contribution in [-0.4, -0.2) is 0 Å². The van der Waals surface area contributed by atoms with Crippen LogP contribution in [-0.2, 0) is 0 Å². The Hall–Kier alpha value is -2.54. The second-order valence-corrected chi connectivity index (χ2v) is 5.20. The lowest BCUT2D eigenvalue weighted by atomic mass is 10.0. The summed E-state index contributed by atoms with van der Waals surface area (Å²) in [6.45, 7) is 0. The van der Waals surface area contributed by atoms with Gasteiger partial charge in [-0.1, -0.05) is 42.5 Å². The molecule has 1 aliphatic carbocycles. The number of anilines is 2. The first-order valence-electron chi connectivity index (χ1n) is 6.94. The zero-order chi connectivity index (χ0) is 13.4. The van der Waals surface area contributed by atoms with Gasteiger partial charge in [-0.05, 0) is 58.7 Å². The average Bonchev–Trinajstić information content (AvgIpc) is 3.32. The van der Waals surface area contributed by atoms with Crippen molar-refractivity contribution < 1.29 is 0 Å². The quantitative estimate of drug-likeness (QED) is 0.665. The Bertz CT molecular complexity index is 800. The lowest BCUT2D eigenvalue weighted by Crippen LogP contribution is -1.89. The van der Waals surface area contributed by atoms with Gasteiger partial charge in [0.2, 0.25) is 0 Å². The van der Waals surface area contributed by atoms with Crippen molar-refractivity contribution >= 4 is 27.7 Å². The van der Waals surface area contributed by atoms with E-state index in [1.54, 1.807) is 0 Å². The Labute approximate surface area is 118 Å². The lowest BCUT2D eigenvalue weighted by molar-refractivity contribution is 1.56. The van der Waals surface area contributed by atoms with E-state index in [0.29, 0.717) is 0 Å². The monoisotopic (exact) mass is 257 g/mol. The molecule has 0 aromatic heterocycles. The third kappa shape index (κ3) is 2.19. The molecule has 0 aliphatic heterocycles. The van der Waals surface area contributed by atoms with Crippen LogP contribution in [0.25, 0.3) is 16.3 Å². The molecule has 0 bridgehead atoms. The molecule has 1 N–H and O–H groups in total. The zero-order valence-corrected chi connectivity index (χ0v) is 11.1. The zero-order valence-electron chi connectivity index (χ0n) is 11.1. The summed E-state index contributed by atoms with van der Waals surface area (Å²) in [5.41, 5.74) is 5.08. The Balaban J connectivity index is 1.68. The lowest BCUT2D eigenvalue weighted by Gasteiger charge is -2.08. The third-order valence-electron chi connectivity index (χ3n) is 3.68. The van der Waals surface area contributed by atoms with Crippen molar-refractivity contribution in [3.05, 3.63) is 78.4 Å². The van der Waals surface area contributed by atoms with Gasteiger partial charge in [0, 0.05) is 11.4 Å². The van der Waals surface area contributed by atoms with Crippen LogP contribution in [0.2, 0.25) is 0 Å². The highest BCUT2D eigenvalue weighted by atomic mass is 14.9. The molecule has 3 aromatic carbocycles. The molecule has 0 heterocycles. The van der Waals surface area contributed by atoms with Gasteiger partial charge in [0.15, 0.2) is 0 Å².